The van der Waals surface area contributed by atoms with E-state index in [2.05, 4.69) is 10.6 Å². The molecule has 1 aliphatic carbocycles. The fraction of sp³-hybridized carbons (Fsp3) is 0.917. The summed E-state index contributed by atoms with van der Waals surface area (Å²) in [6.07, 6.45) is 0.448. The van der Waals surface area contributed by atoms with E-state index in [0.29, 0.717) is 13.0 Å². The van der Waals surface area contributed by atoms with Gasteiger partial charge in [-0.05, 0) is 13.3 Å². The molecule has 5 nitrogen and oxygen atoms in total. The second kappa shape index (κ2) is 5.80. The van der Waals surface area contributed by atoms with Crippen molar-refractivity contribution in [1.82, 2.24) is 10.6 Å². The van der Waals surface area contributed by atoms with Crippen molar-refractivity contribution in [2.75, 3.05) is 20.3 Å². The van der Waals surface area contributed by atoms with Crippen molar-refractivity contribution < 1.29 is 14.6 Å². The third-order valence-corrected chi connectivity index (χ3v) is 3.55. The number of carbonyl (C=O) groups is 1. The molecule has 0 radical (unpaired) electrons. The van der Waals surface area contributed by atoms with Gasteiger partial charge in [0.25, 0.3) is 0 Å². The Hall–Kier alpha value is -0.650. The maximum absolute atomic E-state index is 11.6. The Morgan fingerprint density at radius 3 is 2.71 bits per heavy atom. The lowest BCUT2D eigenvalue weighted by atomic mass is 9.64. The van der Waals surface area contributed by atoms with Gasteiger partial charge >= 0.3 is 0 Å². The van der Waals surface area contributed by atoms with Gasteiger partial charge < -0.3 is 20.5 Å². The zero-order valence-electron chi connectivity index (χ0n) is 11.1. The van der Waals surface area contributed by atoms with Crippen LogP contribution in [0, 0.1) is 5.41 Å². The van der Waals surface area contributed by atoms with E-state index in [0.717, 1.165) is 0 Å². The summed E-state index contributed by atoms with van der Waals surface area (Å²) in [4.78, 5) is 11.6. The van der Waals surface area contributed by atoms with Gasteiger partial charge in [-0.2, -0.15) is 0 Å². The van der Waals surface area contributed by atoms with Crippen molar-refractivity contribution in [2.24, 2.45) is 5.41 Å². The lowest BCUT2D eigenvalue weighted by Gasteiger charge is -2.49. The molecule has 0 aromatic carbocycles. The number of amides is 1. The molecule has 0 aromatic rings. The number of hydrogen-bond acceptors (Lipinski definition) is 4. The van der Waals surface area contributed by atoms with E-state index in [9.17, 15) is 9.90 Å². The summed E-state index contributed by atoms with van der Waals surface area (Å²) >= 11 is 0. The van der Waals surface area contributed by atoms with Crippen LogP contribution in [0.25, 0.3) is 0 Å². The lowest BCUT2D eigenvalue weighted by molar-refractivity contribution is -0.123. The molecule has 5 heteroatoms. The second-order valence-electron chi connectivity index (χ2n) is 5.43. The second-order valence-corrected chi connectivity index (χ2v) is 5.43. The Labute approximate surface area is 103 Å². The van der Waals surface area contributed by atoms with E-state index in [4.69, 9.17) is 4.74 Å². The smallest absolute Gasteiger partial charge is 0.234 e. The Morgan fingerprint density at radius 1 is 1.59 bits per heavy atom. The van der Waals surface area contributed by atoms with Crippen LogP contribution in [0.15, 0.2) is 0 Å². The van der Waals surface area contributed by atoms with Crippen molar-refractivity contribution in [1.29, 1.82) is 0 Å². The van der Waals surface area contributed by atoms with Crippen LogP contribution in [0.3, 0.4) is 0 Å². The molecule has 1 aliphatic rings. The van der Waals surface area contributed by atoms with Gasteiger partial charge in [-0.15, -0.1) is 0 Å². The number of ether oxygens (including phenoxy) is 1. The molecule has 0 spiro atoms. The van der Waals surface area contributed by atoms with Crippen molar-refractivity contribution >= 4 is 5.91 Å². The van der Waals surface area contributed by atoms with Gasteiger partial charge in [-0.3, -0.25) is 4.79 Å². The van der Waals surface area contributed by atoms with Crippen LogP contribution in [0.4, 0.5) is 0 Å². The number of carbonyl (C=O) groups excluding carboxylic acids is 1. The molecule has 1 rings (SSSR count). The first-order chi connectivity index (χ1) is 7.87. The first kappa shape index (κ1) is 14.4. The molecule has 17 heavy (non-hydrogen) atoms. The van der Waals surface area contributed by atoms with E-state index in [1.54, 1.807) is 7.11 Å². The van der Waals surface area contributed by atoms with Crippen LogP contribution in [0.2, 0.25) is 0 Å². The number of methoxy groups -OCH3 is 1. The van der Waals surface area contributed by atoms with Gasteiger partial charge in [0.15, 0.2) is 0 Å². The van der Waals surface area contributed by atoms with Crippen LogP contribution < -0.4 is 10.6 Å². The molecule has 1 saturated carbocycles. The molecule has 100 valence electrons. The van der Waals surface area contributed by atoms with E-state index in [1.165, 1.54) is 0 Å². The predicted octanol–water partition coefficient (Wildman–Crippen LogP) is -0.113. The lowest BCUT2D eigenvalue weighted by Crippen LogP contribution is -2.61. The highest BCUT2D eigenvalue weighted by atomic mass is 16.5. The minimum Gasteiger partial charge on any atom is -0.392 e. The van der Waals surface area contributed by atoms with Crippen molar-refractivity contribution in [3.05, 3.63) is 0 Å². The number of hydrogen-bond donors (Lipinski definition) is 3. The Kier molecular flexibility index (Phi) is 4.91. The summed E-state index contributed by atoms with van der Waals surface area (Å²) in [5.74, 6) is -0.0354. The molecule has 0 aromatic heterocycles. The third-order valence-electron chi connectivity index (χ3n) is 3.55. The van der Waals surface area contributed by atoms with E-state index in [-0.39, 0.29) is 36.1 Å². The molecule has 0 bridgehead atoms. The molecule has 0 saturated heterocycles. The Bertz CT molecular complexity index is 268. The number of aliphatic hydroxyl groups is 1. The minimum atomic E-state index is -0.268. The van der Waals surface area contributed by atoms with Gasteiger partial charge in [0, 0.05) is 24.6 Å². The number of rotatable bonds is 6. The summed E-state index contributed by atoms with van der Waals surface area (Å²) in [5, 5.41) is 15.6. The number of aliphatic hydroxyl groups excluding tert-OH is 1. The van der Waals surface area contributed by atoms with Crippen LogP contribution in [-0.4, -0.2) is 49.5 Å². The zero-order valence-corrected chi connectivity index (χ0v) is 11.1. The van der Waals surface area contributed by atoms with Gasteiger partial charge in [-0.25, -0.2) is 0 Å². The highest BCUT2D eigenvalue weighted by Crippen LogP contribution is 2.40. The van der Waals surface area contributed by atoms with Crippen LogP contribution in [-0.2, 0) is 9.53 Å². The molecule has 0 heterocycles. The first-order valence-electron chi connectivity index (χ1n) is 6.07. The van der Waals surface area contributed by atoms with E-state index < -0.39 is 0 Å². The van der Waals surface area contributed by atoms with E-state index >= 15 is 0 Å². The monoisotopic (exact) mass is 244 g/mol. The molecule has 1 fully saturated rings. The largest absolute Gasteiger partial charge is 0.392 e. The fourth-order valence-corrected chi connectivity index (χ4v) is 2.08. The van der Waals surface area contributed by atoms with Gasteiger partial charge in [0.2, 0.25) is 5.91 Å². The molecule has 3 atom stereocenters. The normalized spacial score (nSPS) is 28.3. The first-order valence-corrected chi connectivity index (χ1v) is 6.07. The summed E-state index contributed by atoms with van der Waals surface area (Å²) < 4.78 is 4.94. The standard InChI is InChI=1S/C12H24N2O3/c1-8(7-17-4)14-11(16)6-13-9-5-10(15)12(9,2)3/h8-10,13,15H,5-7H2,1-4H3,(H,14,16). The van der Waals surface area contributed by atoms with Crippen molar-refractivity contribution in [2.45, 2.75) is 45.4 Å². The molecular weight excluding hydrogens is 220 g/mol. The summed E-state index contributed by atoms with van der Waals surface area (Å²) in [6.45, 7) is 6.71. The fourth-order valence-electron chi connectivity index (χ4n) is 2.08. The summed E-state index contributed by atoms with van der Waals surface area (Å²) in [6, 6.07) is 0.232. The summed E-state index contributed by atoms with van der Waals surface area (Å²) in [7, 11) is 1.61. The van der Waals surface area contributed by atoms with Gasteiger partial charge in [0.05, 0.1) is 19.3 Å². The predicted molar refractivity (Wildman–Crippen MR) is 65.7 cm³/mol. The quantitative estimate of drug-likeness (QED) is 0.609. The average molecular weight is 244 g/mol. The van der Waals surface area contributed by atoms with Crippen LogP contribution in [0.1, 0.15) is 27.2 Å². The Balaban J connectivity index is 2.21. The number of nitrogens with one attached hydrogen (secondary N) is 2. The maximum atomic E-state index is 11.6. The van der Waals surface area contributed by atoms with Crippen LogP contribution in [0.5, 0.6) is 0 Å². The highest BCUT2D eigenvalue weighted by molar-refractivity contribution is 5.78. The SMILES string of the molecule is COCC(C)NC(=O)CNC1CC(O)C1(C)C. The Morgan fingerprint density at radius 2 is 2.24 bits per heavy atom. The van der Waals surface area contributed by atoms with E-state index in [1.807, 2.05) is 20.8 Å². The molecule has 3 unspecified atom stereocenters. The van der Waals surface area contributed by atoms with Crippen LogP contribution >= 0.6 is 0 Å². The molecule has 3 N–H and O–H groups in total. The molecule has 0 aliphatic heterocycles. The maximum Gasteiger partial charge on any atom is 0.234 e. The molecular formula is C12H24N2O3. The topological polar surface area (TPSA) is 70.6 Å². The summed E-state index contributed by atoms with van der Waals surface area (Å²) in [5.41, 5.74) is -0.140. The third kappa shape index (κ3) is 3.66. The van der Waals surface area contributed by atoms with Crippen molar-refractivity contribution in [3.63, 3.8) is 0 Å². The van der Waals surface area contributed by atoms with Gasteiger partial charge in [0.1, 0.15) is 0 Å². The highest BCUT2D eigenvalue weighted by Gasteiger charge is 2.46. The van der Waals surface area contributed by atoms with Gasteiger partial charge in [-0.1, -0.05) is 13.8 Å². The minimum absolute atomic E-state index is 0.0225. The zero-order chi connectivity index (χ0) is 13.1. The molecule has 1 amide bonds. The van der Waals surface area contributed by atoms with Crippen molar-refractivity contribution in [3.8, 4) is 0 Å². The average Bonchev–Trinajstić information content (AvgIpc) is 2.24.